The molecule has 121 valence electrons. The van der Waals surface area contributed by atoms with Crippen LogP contribution in [-0.4, -0.2) is 0 Å². The minimum Gasteiger partial charge on any atom is -0.0845 e. The van der Waals surface area contributed by atoms with Crippen molar-refractivity contribution >= 4 is 0 Å². The summed E-state index contributed by atoms with van der Waals surface area (Å²) < 4.78 is 0. The maximum Gasteiger partial charge on any atom is -0.0276 e. The van der Waals surface area contributed by atoms with Crippen LogP contribution in [0.15, 0.2) is 54.7 Å². The highest BCUT2D eigenvalue weighted by molar-refractivity contribution is 5.17. The minimum absolute atomic E-state index is 1.10. The van der Waals surface area contributed by atoms with Crippen molar-refractivity contribution in [2.45, 2.75) is 77.0 Å². The van der Waals surface area contributed by atoms with E-state index < -0.39 is 0 Å². The fourth-order valence-corrected chi connectivity index (χ4v) is 2.61. The molecule has 0 saturated carbocycles. The molecule has 0 fully saturated rings. The molecule has 0 N–H and O–H groups in total. The van der Waals surface area contributed by atoms with E-state index in [4.69, 9.17) is 0 Å². The van der Waals surface area contributed by atoms with E-state index in [2.05, 4.69) is 54.7 Å². The lowest BCUT2D eigenvalue weighted by atomic mass is 10.0. The molecule has 1 aliphatic rings. The van der Waals surface area contributed by atoms with Crippen LogP contribution in [0.3, 0.4) is 0 Å². The number of rotatable bonds is 0. The molecule has 1 radical (unpaired) electrons. The van der Waals surface area contributed by atoms with E-state index in [-0.39, 0.29) is 0 Å². The molecular formula is C22H33. The molecule has 0 saturated heterocycles. The number of allylic oxidation sites excluding steroid dienone is 10. The first-order chi connectivity index (χ1) is 11.0. The number of hydrogen-bond acceptors (Lipinski definition) is 0. The lowest BCUT2D eigenvalue weighted by molar-refractivity contribution is 0.553. The predicted molar refractivity (Wildman–Crippen MR) is 99.8 cm³/mol. The Balaban J connectivity index is 2.28. The largest absolute Gasteiger partial charge is 0.0845 e. The van der Waals surface area contributed by atoms with Gasteiger partial charge in [0.25, 0.3) is 0 Å². The second-order valence-corrected chi connectivity index (χ2v) is 6.03. The van der Waals surface area contributed by atoms with Gasteiger partial charge in [-0.05, 0) is 31.8 Å². The van der Waals surface area contributed by atoms with Gasteiger partial charge in [-0.2, -0.15) is 0 Å². The lowest BCUT2D eigenvalue weighted by Crippen LogP contribution is -1.82. The molecule has 0 atom stereocenters. The van der Waals surface area contributed by atoms with Gasteiger partial charge in [-0.15, -0.1) is 0 Å². The van der Waals surface area contributed by atoms with Gasteiger partial charge >= 0.3 is 0 Å². The van der Waals surface area contributed by atoms with Crippen LogP contribution in [0.25, 0.3) is 0 Å². The van der Waals surface area contributed by atoms with Crippen molar-refractivity contribution in [3.63, 3.8) is 0 Å². The average Bonchev–Trinajstić information content (AvgIpc) is 2.53. The summed E-state index contributed by atoms with van der Waals surface area (Å²) in [6.07, 6.45) is 38.5. The van der Waals surface area contributed by atoms with Gasteiger partial charge in [-0.1, -0.05) is 106 Å². The van der Waals surface area contributed by atoms with Crippen LogP contribution >= 0.6 is 0 Å². The quantitative estimate of drug-likeness (QED) is 0.441. The van der Waals surface area contributed by atoms with Crippen molar-refractivity contribution in [1.82, 2.24) is 0 Å². The molecule has 0 aromatic carbocycles. The summed E-state index contributed by atoms with van der Waals surface area (Å²) in [5.74, 6) is 0. The summed E-state index contributed by atoms with van der Waals surface area (Å²) in [4.78, 5) is 0. The minimum atomic E-state index is 1.10. The molecule has 1 rings (SSSR count). The zero-order valence-corrected chi connectivity index (χ0v) is 14.2. The molecule has 0 amide bonds. The first-order valence-corrected chi connectivity index (χ1v) is 9.22. The Morgan fingerprint density at radius 3 is 1.64 bits per heavy atom. The summed E-state index contributed by atoms with van der Waals surface area (Å²) >= 11 is 0. The van der Waals surface area contributed by atoms with Gasteiger partial charge in [-0.25, -0.2) is 0 Å². The van der Waals surface area contributed by atoms with Crippen molar-refractivity contribution < 1.29 is 0 Å². The van der Waals surface area contributed by atoms with Crippen LogP contribution in [0.5, 0.6) is 0 Å². The van der Waals surface area contributed by atoms with Crippen molar-refractivity contribution in [3.05, 3.63) is 60.8 Å². The Kier molecular flexibility index (Phi) is 13.7. The maximum absolute atomic E-state index is 3.35. The highest BCUT2D eigenvalue weighted by atomic mass is 14.0. The highest BCUT2D eigenvalue weighted by Crippen LogP contribution is 2.12. The molecule has 22 heavy (non-hydrogen) atoms. The second-order valence-electron chi connectivity index (χ2n) is 6.03. The Bertz CT molecular complexity index is 329. The maximum atomic E-state index is 3.35. The van der Waals surface area contributed by atoms with Gasteiger partial charge in [-0.3, -0.25) is 0 Å². The van der Waals surface area contributed by atoms with E-state index in [0.29, 0.717) is 0 Å². The third-order valence-electron chi connectivity index (χ3n) is 3.96. The summed E-state index contributed by atoms with van der Waals surface area (Å²) in [6, 6.07) is 0. The lowest BCUT2D eigenvalue weighted by Gasteiger charge is -2.01. The summed E-state index contributed by atoms with van der Waals surface area (Å²) in [7, 11) is 0. The topological polar surface area (TPSA) is 0 Å². The smallest absolute Gasteiger partial charge is 0.0276 e. The van der Waals surface area contributed by atoms with Gasteiger partial charge in [0.05, 0.1) is 0 Å². The van der Waals surface area contributed by atoms with Crippen LogP contribution in [0.1, 0.15) is 77.0 Å². The molecule has 0 aromatic heterocycles. The van der Waals surface area contributed by atoms with E-state index in [0.717, 1.165) is 6.42 Å². The summed E-state index contributed by atoms with van der Waals surface area (Å²) in [6.45, 7) is 0. The zero-order chi connectivity index (χ0) is 15.6. The molecule has 0 heteroatoms. The first-order valence-electron chi connectivity index (χ1n) is 9.22. The summed E-state index contributed by atoms with van der Waals surface area (Å²) in [5, 5.41) is 0. The Morgan fingerprint density at radius 1 is 0.455 bits per heavy atom. The van der Waals surface area contributed by atoms with Crippen molar-refractivity contribution in [2.75, 3.05) is 0 Å². The third-order valence-corrected chi connectivity index (χ3v) is 3.96. The van der Waals surface area contributed by atoms with Gasteiger partial charge in [0.2, 0.25) is 0 Å². The number of hydrogen-bond donors (Lipinski definition) is 0. The monoisotopic (exact) mass is 297 g/mol. The average molecular weight is 298 g/mol. The normalized spacial score (nSPS) is 27.6. The molecular weight excluding hydrogens is 264 g/mol. The van der Waals surface area contributed by atoms with E-state index in [9.17, 15) is 0 Å². The third kappa shape index (κ3) is 13.7. The Labute approximate surface area is 138 Å². The molecule has 0 aliphatic heterocycles. The Hall–Kier alpha value is -1.30. The van der Waals surface area contributed by atoms with E-state index in [1.165, 1.54) is 70.6 Å². The standard InChI is InChI=1S/C22H33/c1-2-4-6-8-10-12-14-16-18-20-22-21-19-17-15-13-11-9-7-5-3-1/h1-9H,10,12-22H2/b3-1+,4-2+,7-5-,8-6+,11-9?. The van der Waals surface area contributed by atoms with E-state index in [1.54, 1.807) is 0 Å². The van der Waals surface area contributed by atoms with Crippen LogP contribution in [0.2, 0.25) is 0 Å². The SMILES string of the molecule is [C]1=C/C=C\C=C\C=C\C=C\CCCCCCCCCCCC/1. The van der Waals surface area contributed by atoms with E-state index in [1.807, 2.05) is 6.08 Å². The fraction of sp³-hybridized carbons (Fsp3) is 0.545. The highest BCUT2D eigenvalue weighted by Gasteiger charge is 1.92. The van der Waals surface area contributed by atoms with Crippen molar-refractivity contribution in [1.29, 1.82) is 0 Å². The molecule has 0 aromatic rings. The fourth-order valence-electron chi connectivity index (χ4n) is 2.61. The van der Waals surface area contributed by atoms with Gasteiger partial charge in [0, 0.05) is 0 Å². The van der Waals surface area contributed by atoms with Gasteiger partial charge in [0.15, 0.2) is 0 Å². The molecule has 0 unspecified atom stereocenters. The van der Waals surface area contributed by atoms with Crippen molar-refractivity contribution in [2.24, 2.45) is 0 Å². The van der Waals surface area contributed by atoms with Crippen LogP contribution in [0.4, 0.5) is 0 Å². The first kappa shape index (κ1) is 18.7. The van der Waals surface area contributed by atoms with Gasteiger partial charge in [0.1, 0.15) is 0 Å². The molecule has 1 aliphatic carbocycles. The van der Waals surface area contributed by atoms with Crippen LogP contribution in [-0.2, 0) is 0 Å². The van der Waals surface area contributed by atoms with Crippen molar-refractivity contribution in [3.8, 4) is 0 Å². The molecule has 0 spiro atoms. The zero-order valence-electron chi connectivity index (χ0n) is 14.2. The van der Waals surface area contributed by atoms with Gasteiger partial charge < -0.3 is 0 Å². The molecule has 0 heterocycles. The molecule has 0 bridgehead atoms. The molecule has 0 nitrogen and oxygen atoms in total. The Morgan fingerprint density at radius 2 is 0.955 bits per heavy atom. The van der Waals surface area contributed by atoms with Crippen LogP contribution in [0, 0.1) is 6.08 Å². The van der Waals surface area contributed by atoms with E-state index >= 15 is 0 Å². The van der Waals surface area contributed by atoms with Crippen LogP contribution < -0.4 is 0 Å². The summed E-state index contributed by atoms with van der Waals surface area (Å²) in [5.41, 5.74) is 0. The predicted octanol–water partition coefficient (Wildman–Crippen LogP) is 7.27. The second kappa shape index (κ2) is 16.1.